The third-order valence-electron chi connectivity index (χ3n) is 4.95. The average Bonchev–Trinajstić information content (AvgIpc) is 2.88. The van der Waals surface area contributed by atoms with Crippen LogP contribution < -0.4 is 20.7 Å². The Kier molecular flexibility index (Phi) is 8.99. The molecule has 11 heteroatoms. The highest BCUT2D eigenvalue weighted by Gasteiger charge is 2.33. The number of hydrogen-bond donors (Lipinski definition) is 3. The number of nitrogens with two attached hydrogens (primary N) is 1. The number of hydrogen-bond acceptors (Lipinski definition) is 7. The molecule has 4 N–H and O–H groups in total. The maximum atomic E-state index is 13.2. The molecule has 1 amide bonds. The van der Waals surface area contributed by atoms with Crippen molar-refractivity contribution in [1.29, 1.82) is 5.41 Å². The highest BCUT2D eigenvalue weighted by molar-refractivity contribution is 6.10. The molecule has 0 saturated heterocycles. The van der Waals surface area contributed by atoms with E-state index >= 15 is 0 Å². The molecule has 2 aromatic heterocycles. The number of benzene rings is 1. The van der Waals surface area contributed by atoms with Crippen molar-refractivity contribution in [3.63, 3.8) is 0 Å². The number of carbonyl (C=O) groups is 1. The summed E-state index contributed by atoms with van der Waals surface area (Å²) in [5.41, 5.74) is 6.63. The predicted octanol–water partition coefficient (Wildman–Crippen LogP) is 5.36. The van der Waals surface area contributed by atoms with E-state index in [4.69, 9.17) is 15.9 Å². The number of amides is 1. The second-order valence-electron chi connectivity index (χ2n) is 6.75. The van der Waals surface area contributed by atoms with E-state index in [-0.39, 0.29) is 36.1 Å². The predicted molar refractivity (Wildman–Crippen MR) is 133 cm³/mol. The molecule has 1 aliphatic heterocycles. The van der Waals surface area contributed by atoms with Crippen molar-refractivity contribution in [3.8, 4) is 5.75 Å². The lowest BCUT2D eigenvalue weighted by molar-refractivity contribution is -0.137. The summed E-state index contributed by atoms with van der Waals surface area (Å²) in [5.74, 6) is -0.343. The van der Waals surface area contributed by atoms with Gasteiger partial charge in [-0.25, -0.2) is 9.97 Å². The van der Waals surface area contributed by atoms with E-state index in [0.717, 1.165) is 18.3 Å². The molecule has 3 aromatic rings. The number of rotatable bonds is 3. The van der Waals surface area contributed by atoms with Crippen LogP contribution in [0.25, 0.3) is 10.9 Å². The number of pyridine rings is 2. The monoisotopic (exact) mass is 490 g/mol. The summed E-state index contributed by atoms with van der Waals surface area (Å²) in [5, 5.41) is 11.1. The second kappa shape index (κ2) is 11.5. The molecule has 1 aromatic carbocycles. The number of alkyl halides is 3. The zero-order valence-corrected chi connectivity index (χ0v) is 20.2. The Balaban J connectivity index is 0.00000103. The van der Waals surface area contributed by atoms with Crippen LogP contribution in [-0.2, 0) is 6.18 Å². The van der Waals surface area contributed by atoms with Crippen LogP contribution >= 0.6 is 0 Å². The molecule has 0 aliphatic carbocycles. The fourth-order valence-electron chi connectivity index (χ4n) is 3.49. The van der Waals surface area contributed by atoms with Crippen LogP contribution in [0.5, 0.6) is 5.75 Å². The molecular formula is C24H29F3N6O2. The van der Waals surface area contributed by atoms with Gasteiger partial charge in [0, 0.05) is 24.2 Å². The Labute approximate surface area is 201 Å². The van der Waals surface area contributed by atoms with E-state index in [0.29, 0.717) is 22.2 Å². The lowest BCUT2D eigenvalue weighted by Crippen LogP contribution is -2.38. The molecule has 3 heterocycles. The van der Waals surface area contributed by atoms with Crippen molar-refractivity contribution < 1.29 is 22.7 Å². The van der Waals surface area contributed by atoms with Crippen LogP contribution in [0.3, 0.4) is 0 Å². The highest BCUT2D eigenvalue weighted by atomic mass is 19.4. The SMILES string of the molecule is CC.CC.CNc1c(N)nc2cnc(C(=O)N3CCOc4cc(C(F)(F)F)ccc43)cc2c1C=N. The fraction of sp³-hybridized carbons (Fsp3) is 0.333. The van der Waals surface area contributed by atoms with Crippen LogP contribution in [0, 0.1) is 5.41 Å². The number of aromatic nitrogens is 2. The van der Waals surface area contributed by atoms with Crippen LogP contribution in [0.1, 0.15) is 49.3 Å². The Hall–Kier alpha value is -3.89. The van der Waals surface area contributed by atoms with Gasteiger partial charge in [-0.15, -0.1) is 0 Å². The molecule has 35 heavy (non-hydrogen) atoms. The van der Waals surface area contributed by atoms with Gasteiger partial charge >= 0.3 is 6.18 Å². The normalized spacial score (nSPS) is 12.3. The first-order chi connectivity index (χ1) is 16.7. The Bertz CT molecular complexity index is 1210. The minimum Gasteiger partial charge on any atom is -0.490 e. The second-order valence-corrected chi connectivity index (χ2v) is 6.75. The third kappa shape index (κ3) is 5.44. The molecule has 1 aliphatic rings. The van der Waals surface area contributed by atoms with Gasteiger partial charge < -0.3 is 26.1 Å². The van der Waals surface area contributed by atoms with Crippen LogP contribution in [0.2, 0.25) is 0 Å². The summed E-state index contributed by atoms with van der Waals surface area (Å²) in [6.07, 6.45) is -2.05. The van der Waals surface area contributed by atoms with Gasteiger partial charge in [0.25, 0.3) is 5.91 Å². The number of nitrogens with zero attached hydrogens (tertiary/aromatic N) is 3. The van der Waals surface area contributed by atoms with Crippen molar-refractivity contribution in [1.82, 2.24) is 9.97 Å². The number of halogens is 3. The first kappa shape index (κ1) is 27.4. The minimum atomic E-state index is -4.52. The summed E-state index contributed by atoms with van der Waals surface area (Å²) >= 11 is 0. The Morgan fingerprint density at radius 2 is 1.91 bits per heavy atom. The first-order valence-corrected chi connectivity index (χ1v) is 11.2. The zero-order valence-electron chi connectivity index (χ0n) is 20.2. The van der Waals surface area contributed by atoms with E-state index in [1.54, 1.807) is 7.05 Å². The van der Waals surface area contributed by atoms with Gasteiger partial charge in [-0.05, 0) is 24.3 Å². The molecule has 0 fully saturated rings. The van der Waals surface area contributed by atoms with E-state index in [1.165, 1.54) is 23.2 Å². The first-order valence-electron chi connectivity index (χ1n) is 11.2. The quantitative estimate of drug-likeness (QED) is 0.426. The standard InChI is InChI=1S/C20H17F3N6O2.2C2H6/c1-26-17-12(8-24)11-7-13(27-9-14(11)28-18(17)25)19(30)29-4-5-31-16-6-10(20(21,22)23)2-3-15(16)29;2*1-2/h2-3,6-9,24,26H,4-5H2,1H3,(H2,25,28);2*1-2H3. The number of anilines is 3. The lowest BCUT2D eigenvalue weighted by atomic mass is 10.1. The summed E-state index contributed by atoms with van der Waals surface area (Å²) in [4.78, 5) is 22.9. The number of ether oxygens (including phenoxy) is 1. The van der Waals surface area contributed by atoms with Crippen molar-refractivity contribution in [2.75, 3.05) is 36.1 Å². The number of nitrogen functional groups attached to an aromatic ring is 1. The minimum absolute atomic E-state index is 0.0256. The Morgan fingerprint density at radius 1 is 1.23 bits per heavy atom. The third-order valence-corrected chi connectivity index (χ3v) is 4.95. The van der Waals surface area contributed by atoms with E-state index in [9.17, 15) is 18.0 Å². The molecule has 0 unspecified atom stereocenters. The van der Waals surface area contributed by atoms with Crippen molar-refractivity contribution in [3.05, 3.63) is 47.3 Å². The van der Waals surface area contributed by atoms with Gasteiger partial charge in [0.1, 0.15) is 23.9 Å². The van der Waals surface area contributed by atoms with Gasteiger partial charge in [0.2, 0.25) is 0 Å². The lowest BCUT2D eigenvalue weighted by Gasteiger charge is -2.30. The maximum Gasteiger partial charge on any atom is 0.416 e. The molecule has 8 nitrogen and oxygen atoms in total. The molecule has 188 valence electrons. The zero-order chi connectivity index (χ0) is 26.3. The average molecular weight is 491 g/mol. The highest BCUT2D eigenvalue weighted by Crippen LogP contribution is 2.39. The van der Waals surface area contributed by atoms with Crippen molar-refractivity contribution >= 4 is 40.2 Å². The summed E-state index contributed by atoms with van der Waals surface area (Å²) in [6, 6.07) is 4.48. The smallest absolute Gasteiger partial charge is 0.416 e. The van der Waals surface area contributed by atoms with Gasteiger partial charge in [-0.2, -0.15) is 13.2 Å². The van der Waals surface area contributed by atoms with E-state index in [2.05, 4.69) is 15.3 Å². The summed E-state index contributed by atoms with van der Waals surface area (Å²) in [7, 11) is 1.64. The van der Waals surface area contributed by atoms with Gasteiger partial charge in [0.15, 0.2) is 0 Å². The van der Waals surface area contributed by atoms with Gasteiger partial charge in [-0.1, -0.05) is 27.7 Å². The summed E-state index contributed by atoms with van der Waals surface area (Å²) < 4.78 is 44.4. The fourth-order valence-corrected chi connectivity index (χ4v) is 3.49. The van der Waals surface area contributed by atoms with Crippen molar-refractivity contribution in [2.24, 2.45) is 0 Å². The number of fused-ring (bicyclic) bond motifs is 2. The number of carbonyl (C=O) groups excluding carboxylic acids is 1. The van der Waals surface area contributed by atoms with Crippen LogP contribution in [0.15, 0.2) is 30.5 Å². The van der Waals surface area contributed by atoms with Crippen LogP contribution in [0.4, 0.5) is 30.4 Å². The molecule has 4 rings (SSSR count). The molecular weight excluding hydrogens is 461 g/mol. The van der Waals surface area contributed by atoms with E-state index < -0.39 is 17.6 Å². The Morgan fingerprint density at radius 3 is 2.51 bits per heavy atom. The van der Waals surface area contributed by atoms with Gasteiger partial charge in [-0.3, -0.25) is 4.79 Å². The summed E-state index contributed by atoms with van der Waals surface area (Å²) in [6.45, 7) is 8.19. The molecule has 0 bridgehead atoms. The largest absolute Gasteiger partial charge is 0.490 e. The molecule has 0 spiro atoms. The van der Waals surface area contributed by atoms with Crippen molar-refractivity contribution in [2.45, 2.75) is 33.9 Å². The number of nitrogens with one attached hydrogen (secondary N) is 2. The van der Waals surface area contributed by atoms with E-state index in [1.807, 2.05) is 27.7 Å². The van der Waals surface area contributed by atoms with Crippen LogP contribution in [-0.4, -0.2) is 42.3 Å². The van der Waals surface area contributed by atoms with Gasteiger partial charge in [0.05, 0.1) is 35.2 Å². The molecule has 0 atom stereocenters. The maximum absolute atomic E-state index is 13.2. The molecule has 0 saturated carbocycles. The molecule has 0 radical (unpaired) electrons. The topological polar surface area (TPSA) is 117 Å².